The number of rotatable bonds is 3. The average molecular weight is 207 g/mol. The lowest BCUT2D eigenvalue weighted by molar-refractivity contribution is 0.374. The van der Waals surface area contributed by atoms with E-state index in [1.54, 1.807) is 7.11 Å². The molecule has 0 aliphatic carbocycles. The molecule has 0 bridgehead atoms. The minimum Gasteiger partial charge on any atom is -0.496 e. The highest BCUT2D eigenvalue weighted by Crippen LogP contribution is 2.31. The fraction of sp³-hybridized carbons (Fsp3) is 0.538. The van der Waals surface area contributed by atoms with Crippen molar-refractivity contribution in [2.75, 3.05) is 14.2 Å². The minimum absolute atomic E-state index is 0.0657. The second-order valence-electron chi connectivity index (χ2n) is 4.51. The first-order valence-corrected chi connectivity index (χ1v) is 5.27. The first kappa shape index (κ1) is 12.1. The first-order chi connectivity index (χ1) is 6.92. The molecule has 0 aromatic heterocycles. The number of methoxy groups -OCH3 is 1. The van der Waals surface area contributed by atoms with Gasteiger partial charge < -0.3 is 10.1 Å². The van der Waals surface area contributed by atoms with Crippen molar-refractivity contribution < 1.29 is 4.74 Å². The van der Waals surface area contributed by atoms with Crippen molar-refractivity contribution >= 4 is 0 Å². The summed E-state index contributed by atoms with van der Waals surface area (Å²) in [7, 11) is 3.69. The zero-order chi connectivity index (χ0) is 11.6. The summed E-state index contributed by atoms with van der Waals surface area (Å²) in [4.78, 5) is 0. The summed E-state index contributed by atoms with van der Waals surface area (Å²) in [6.45, 7) is 8.54. The second-order valence-corrected chi connectivity index (χ2v) is 4.51. The van der Waals surface area contributed by atoms with Gasteiger partial charge in [0.1, 0.15) is 5.75 Å². The van der Waals surface area contributed by atoms with E-state index in [4.69, 9.17) is 4.74 Å². The molecule has 0 saturated carbocycles. The maximum absolute atomic E-state index is 5.43. The Hall–Kier alpha value is -1.02. The van der Waals surface area contributed by atoms with Gasteiger partial charge in [-0.3, -0.25) is 0 Å². The van der Waals surface area contributed by atoms with Crippen LogP contribution < -0.4 is 10.1 Å². The van der Waals surface area contributed by atoms with Crippen molar-refractivity contribution in [2.24, 2.45) is 0 Å². The van der Waals surface area contributed by atoms with Crippen molar-refractivity contribution in [3.05, 3.63) is 28.8 Å². The molecule has 2 nitrogen and oxygen atoms in total. The first-order valence-electron chi connectivity index (χ1n) is 5.27. The zero-order valence-electron chi connectivity index (χ0n) is 10.6. The molecule has 0 aliphatic heterocycles. The Kier molecular flexibility index (Phi) is 3.40. The van der Waals surface area contributed by atoms with Crippen LogP contribution in [0.1, 0.15) is 30.5 Å². The van der Waals surface area contributed by atoms with E-state index in [1.165, 1.54) is 16.7 Å². The molecule has 0 amide bonds. The predicted octanol–water partition coefficient (Wildman–Crippen LogP) is 2.77. The van der Waals surface area contributed by atoms with Crippen LogP contribution in [-0.2, 0) is 5.54 Å². The van der Waals surface area contributed by atoms with E-state index in [2.05, 4.69) is 45.1 Å². The number of hydrogen-bond acceptors (Lipinski definition) is 2. The Labute approximate surface area is 92.6 Å². The Balaban J connectivity index is 3.34. The van der Waals surface area contributed by atoms with E-state index in [0.29, 0.717) is 0 Å². The van der Waals surface area contributed by atoms with E-state index in [1.807, 2.05) is 7.05 Å². The van der Waals surface area contributed by atoms with Gasteiger partial charge >= 0.3 is 0 Å². The lowest BCUT2D eigenvalue weighted by Gasteiger charge is -2.27. The van der Waals surface area contributed by atoms with E-state index < -0.39 is 0 Å². The van der Waals surface area contributed by atoms with Crippen molar-refractivity contribution in [3.8, 4) is 5.75 Å². The SMILES string of the molecule is CNC(C)(C)c1cc(C)c(C)cc1OC. The lowest BCUT2D eigenvalue weighted by Crippen LogP contribution is -2.33. The molecule has 1 aromatic rings. The predicted molar refractivity (Wildman–Crippen MR) is 64.6 cm³/mol. The molecule has 1 aromatic carbocycles. The van der Waals surface area contributed by atoms with Gasteiger partial charge in [-0.1, -0.05) is 6.07 Å². The van der Waals surface area contributed by atoms with E-state index >= 15 is 0 Å². The molecular weight excluding hydrogens is 186 g/mol. The van der Waals surface area contributed by atoms with Crippen LogP contribution in [0.25, 0.3) is 0 Å². The Bertz CT molecular complexity index is 356. The zero-order valence-corrected chi connectivity index (χ0v) is 10.6. The fourth-order valence-electron chi connectivity index (χ4n) is 1.58. The number of aryl methyl sites for hydroxylation is 2. The van der Waals surface area contributed by atoms with Gasteiger partial charge in [0.2, 0.25) is 0 Å². The standard InChI is InChI=1S/C13H21NO/c1-9-7-11(13(3,4)14-5)12(15-6)8-10(9)2/h7-8,14H,1-6H3. The summed E-state index contributed by atoms with van der Waals surface area (Å²) in [5.41, 5.74) is 3.70. The van der Waals surface area contributed by atoms with Gasteiger partial charge in [-0.15, -0.1) is 0 Å². The van der Waals surface area contributed by atoms with Crippen molar-refractivity contribution in [1.82, 2.24) is 5.32 Å². The summed E-state index contributed by atoms with van der Waals surface area (Å²) in [5, 5.41) is 3.30. The Morgan fingerprint density at radius 3 is 2.13 bits per heavy atom. The van der Waals surface area contributed by atoms with Crippen molar-refractivity contribution in [3.63, 3.8) is 0 Å². The van der Waals surface area contributed by atoms with Gasteiger partial charge in [0.15, 0.2) is 0 Å². The van der Waals surface area contributed by atoms with Crippen LogP contribution in [0, 0.1) is 13.8 Å². The molecule has 2 heteroatoms. The topological polar surface area (TPSA) is 21.3 Å². The van der Waals surface area contributed by atoms with Crippen LogP contribution >= 0.6 is 0 Å². The number of benzene rings is 1. The molecule has 0 unspecified atom stereocenters. The molecule has 1 N–H and O–H groups in total. The van der Waals surface area contributed by atoms with Crippen LogP contribution in [0.2, 0.25) is 0 Å². The number of ether oxygens (including phenoxy) is 1. The third-order valence-electron chi connectivity index (χ3n) is 3.11. The quantitative estimate of drug-likeness (QED) is 0.823. The normalized spacial score (nSPS) is 11.6. The third kappa shape index (κ3) is 2.32. The van der Waals surface area contributed by atoms with Gasteiger partial charge in [-0.05, 0) is 51.9 Å². The van der Waals surface area contributed by atoms with Gasteiger partial charge in [-0.2, -0.15) is 0 Å². The van der Waals surface area contributed by atoms with Crippen LogP contribution in [0.15, 0.2) is 12.1 Å². The monoisotopic (exact) mass is 207 g/mol. The second kappa shape index (κ2) is 4.23. The molecule has 0 atom stereocenters. The molecule has 0 aliphatic rings. The molecule has 0 radical (unpaired) electrons. The average Bonchev–Trinajstić information content (AvgIpc) is 2.21. The largest absolute Gasteiger partial charge is 0.496 e. The summed E-state index contributed by atoms with van der Waals surface area (Å²) in [6, 6.07) is 4.30. The summed E-state index contributed by atoms with van der Waals surface area (Å²) >= 11 is 0. The van der Waals surface area contributed by atoms with Gasteiger partial charge in [-0.25, -0.2) is 0 Å². The molecular formula is C13H21NO. The van der Waals surface area contributed by atoms with Gasteiger partial charge in [0.25, 0.3) is 0 Å². The lowest BCUT2D eigenvalue weighted by atomic mass is 9.90. The fourth-order valence-corrected chi connectivity index (χ4v) is 1.58. The smallest absolute Gasteiger partial charge is 0.124 e. The molecule has 84 valence electrons. The molecule has 0 saturated heterocycles. The molecule has 0 heterocycles. The van der Waals surface area contributed by atoms with E-state index in [0.717, 1.165) is 5.75 Å². The summed E-state index contributed by atoms with van der Waals surface area (Å²) in [5.74, 6) is 0.956. The van der Waals surface area contributed by atoms with E-state index in [-0.39, 0.29) is 5.54 Å². The van der Waals surface area contributed by atoms with Crippen LogP contribution in [0.3, 0.4) is 0 Å². The Morgan fingerprint density at radius 1 is 1.13 bits per heavy atom. The molecule has 0 fully saturated rings. The number of hydrogen-bond donors (Lipinski definition) is 1. The number of nitrogens with one attached hydrogen (secondary N) is 1. The summed E-state index contributed by atoms with van der Waals surface area (Å²) < 4.78 is 5.43. The van der Waals surface area contributed by atoms with Crippen LogP contribution in [0.4, 0.5) is 0 Å². The third-order valence-corrected chi connectivity index (χ3v) is 3.11. The van der Waals surface area contributed by atoms with Gasteiger partial charge in [0, 0.05) is 11.1 Å². The highest BCUT2D eigenvalue weighted by atomic mass is 16.5. The van der Waals surface area contributed by atoms with Gasteiger partial charge in [0.05, 0.1) is 7.11 Å². The maximum atomic E-state index is 5.43. The highest BCUT2D eigenvalue weighted by molar-refractivity contribution is 5.45. The maximum Gasteiger partial charge on any atom is 0.124 e. The molecule has 15 heavy (non-hydrogen) atoms. The van der Waals surface area contributed by atoms with E-state index in [9.17, 15) is 0 Å². The molecule has 0 spiro atoms. The minimum atomic E-state index is -0.0657. The van der Waals surface area contributed by atoms with Crippen LogP contribution in [-0.4, -0.2) is 14.2 Å². The highest BCUT2D eigenvalue weighted by Gasteiger charge is 2.22. The van der Waals surface area contributed by atoms with Crippen molar-refractivity contribution in [2.45, 2.75) is 33.2 Å². The summed E-state index contributed by atoms with van der Waals surface area (Å²) in [6.07, 6.45) is 0. The molecule has 1 rings (SSSR count). The van der Waals surface area contributed by atoms with Crippen LogP contribution in [0.5, 0.6) is 5.75 Å². The van der Waals surface area contributed by atoms with Crippen molar-refractivity contribution in [1.29, 1.82) is 0 Å². The Morgan fingerprint density at radius 2 is 1.67 bits per heavy atom.